The number of Topliss-reactive ketones (excluding diaryl/α,β-unsaturated/α-hetero) is 1. The summed E-state index contributed by atoms with van der Waals surface area (Å²) in [4.78, 5) is 41.4. The summed E-state index contributed by atoms with van der Waals surface area (Å²) in [5.41, 5.74) is 6.09. The van der Waals surface area contributed by atoms with Gasteiger partial charge in [0, 0.05) is 24.6 Å². The van der Waals surface area contributed by atoms with Gasteiger partial charge in [-0.3, -0.25) is 19.3 Å². The van der Waals surface area contributed by atoms with Gasteiger partial charge in [-0.1, -0.05) is 0 Å². The summed E-state index contributed by atoms with van der Waals surface area (Å²) < 4.78 is 11.1. The standard InChI is InChI=1S/C23H31N3O5/c1-15(23(29)26-8-2-3-18(14-26)22(24)28)25-9-6-16(7-10-25)21(27)17-4-5-19-20(13-17)31-12-11-30-19/h4-5,13,15-16,18H,2-3,6-12,14H2,1H3,(H2,24,28). The molecule has 0 saturated carbocycles. The largest absolute Gasteiger partial charge is 0.486 e. The molecule has 2 saturated heterocycles. The van der Waals surface area contributed by atoms with E-state index in [0.29, 0.717) is 56.5 Å². The van der Waals surface area contributed by atoms with Gasteiger partial charge >= 0.3 is 0 Å². The molecule has 8 nitrogen and oxygen atoms in total. The van der Waals surface area contributed by atoms with E-state index >= 15 is 0 Å². The lowest BCUT2D eigenvalue weighted by atomic mass is 9.88. The molecule has 3 aliphatic rings. The zero-order valence-electron chi connectivity index (χ0n) is 18.0. The molecular formula is C23H31N3O5. The van der Waals surface area contributed by atoms with Crippen LogP contribution in [0.15, 0.2) is 18.2 Å². The topological polar surface area (TPSA) is 102 Å². The molecule has 3 heterocycles. The Bertz CT molecular complexity index is 850. The van der Waals surface area contributed by atoms with Crippen LogP contribution in [0.25, 0.3) is 0 Å². The van der Waals surface area contributed by atoms with E-state index in [0.717, 1.165) is 25.7 Å². The molecule has 0 aliphatic carbocycles. The molecule has 4 rings (SSSR count). The Kier molecular flexibility index (Phi) is 6.46. The van der Waals surface area contributed by atoms with Crippen LogP contribution in [0.5, 0.6) is 11.5 Å². The Balaban J connectivity index is 1.32. The number of piperidine rings is 2. The predicted molar refractivity (Wildman–Crippen MR) is 114 cm³/mol. The highest BCUT2D eigenvalue weighted by atomic mass is 16.6. The predicted octanol–water partition coefficient (Wildman–Crippen LogP) is 1.46. The fourth-order valence-electron chi connectivity index (χ4n) is 4.81. The quantitative estimate of drug-likeness (QED) is 0.711. The van der Waals surface area contributed by atoms with Crippen LogP contribution in [0.4, 0.5) is 0 Å². The molecule has 2 fully saturated rings. The number of carbonyl (C=O) groups excluding carboxylic acids is 3. The Morgan fingerprint density at radius 1 is 1.00 bits per heavy atom. The Hall–Kier alpha value is -2.61. The summed E-state index contributed by atoms with van der Waals surface area (Å²) in [6.45, 7) is 5.41. The fourth-order valence-corrected chi connectivity index (χ4v) is 4.81. The second-order valence-electron chi connectivity index (χ2n) is 8.73. The molecule has 168 valence electrons. The third-order valence-electron chi connectivity index (χ3n) is 6.77. The average molecular weight is 430 g/mol. The molecule has 8 heteroatoms. The van der Waals surface area contributed by atoms with Gasteiger partial charge in [0.15, 0.2) is 17.3 Å². The number of carbonyl (C=O) groups is 3. The van der Waals surface area contributed by atoms with Crippen LogP contribution < -0.4 is 15.2 Å². The second kappa shape index (κ2) is 9.26. The minimum Gasteiger partial charge on any atom is -0.486 e. The van der Waals surface area contributed by atoms with Crippen LogP contribution in [0.3, 0.4) is 0 Å². The van der Waals surface area contributed by atoms with E-state index < -0.39 is 0 Å². The molecule has 0 bridgehead atoms. The summed E-state index contributed by atoms with van der Waals surface area (Å²) in [6, 6.07) is 5.12. The van der Waals surface area contributed by atoms with Gasteiger partial charge in [-0.2, -0.15) is 0 Å². The van der Waals surface area contributed by atoms with Gasteiger partial charge in [-0.25, -0.2) is 0 Å². The lowest BCUT2D eigenvalue weighted by molar-refractivity contribution is -0.140. The van der Waals surface area contributed by atoms with E-state index in [1.54, 1.807) is 23.1 Å². The minimum atomic E-state index is -0.330. The van der Waals surface area contributed by atoms with Crippen molar-refractivity contribution in [3.63, 3.8) is 0 Å². The number of rotatable bonds is 5. The Labute approximate surface area is 182 Å². The molecule has 1 aromatic carbocycles. The second-order valence-corrected chi connectivity index (χ2v) is 8.73. The van der Waals surface area contributed by atoms with Crippen molar-refractivity contribution in [3.05, 3.63) is 23.8 Å². The van der Waals surface area contributed by atoms with Gasteiger partial charge in [0.25, 0.3) is 0 Å². The first kappa shape index (κ1) is 21.6. The number of fused-ring (bicyclic) bond motifs is 1. The van der Waals surface area contributed by atoms with Crippen molar-refractivity contribution in [3.8, 4) is 11.5 Å². The van der Waals surface area contributed by atoms with Crippen molar-refractivity contribution in [2.75, 3.05) is 39.4 Å². The summed E-state index contributed by atoms with van der Waals surface area (Å²) in [5.74, 6) is 0.836. The van der Waals surface area contributed by atoms with Crippen LogP contribution in [0.1, 0.15) is 43.0 Å². The van der Waals surface area contributed by atoms with Crippen molar-refractivity contribution in [1.82, 2.24) is 9.80 Å². The lowest BCUT2D eigenvalue weighted by Gasteiger charge is -2.39. The summed E-state index contributed by atoms with van der Waals surface area (Å²) in [6.07, 6.45) is 2.99. The van der Waals surface area contributed by atoms with E-state index in [2.05, 4.69) is 4.90 Å². The molecule has 2 amide bonds. The van der Waals surface area contributed by atoms with Crippen molar-refractivity contribution in [2.45, 2.75) is 38.6 Å². The van der Waals surface area contributed by atoms with E-state index in [1.807, 2.05) is 6.92 Å². The van der Waals surface area contributed by atoms with Crippen LogP contribution in [0.2, 0.25) is 0 Å². The van der Waals surface area contributed by atoms with Gasteiger partial charge in [0.1, 0.15) is 13.2 Å². The molecule has 0 radical (unpaired) electrons. The first-order chi connectivity index (χ1) is 14.9. The van der Waals surface area contributed by atoms with Crippen molar-refractivity contribution >= 4 is 17.6 Å². The van der Waals surface area contributed by atoms with E-state index in [4.69, 9.17) is 15.2 Å². The number of benzene rings is 1. The highest BCUT2D eigenvalue weighted by Gasteiger charge is 2.34. The maximum atomic E-state index is 13.0. The maximum Gasteiger partial charge on any atom is 0.239 e. The number of hydrogen-bond donors (Lipinski definition) is 1. The third kappa shape index (κ3) is 4.69. The fraction of sp³-hybridized carbons (Fsp3) is 0.609. The number of likely N-dealkylation sites (tertiary alicyclic amines) is 2. The maximum absolute atomic E-state index is 13.0. The molecular weight excluding hydrogens is 398 g/mol. The molecule has 0 spiro atoms. The monoisotopic (exact) mass is 429 g/mol. The first-order valence-electron chi connectivity index (χ1n) is 11.2. The van der Waals surface area contributed by atoms with E-state index in [-0.39, 0.29) is 35.5 Å². The highest BCUT2D eigenvalue weighted by Crippen LogP contribution is 2.33. The van der Waals surface area contributed by atoms with Gasteiger partial charge in [0.2, 0.25) is 11.8 Å². The SMILES string of the molecule is CC(C(=O)N1CCCC(C(N)=O)C1)N1CCC(C(=O)c2ccc3c(c2)OCCO3)CC1. The number of nitrogens with two attached hydrogens (primary N) is 1. The number of nitrogens with zero attached hydrogens (tertiary/aromatic N) is 2. The van der Waals surface area contributed by atoms with Crippen molar-refractivity contribution in [2.24, 2.45) is 17.6 Å². The van der Waals surface area contributed by atoms with Gasteiger partial charge in [-0.05, 0) is 63.9 Å². The zero-order chi connectivity index (χ0) is 22.0. The molecule has 2 N–H and O–H groups in total. The van der Waals surface area contributed by atoms with Crippen LogP contribution in [-0.4, -0.2) is 72.8 Å². The van der Waals surface area contributed by atoms with Gasteiger partial charge in [0.05, 0.1) is 12.0 Å². The minimum absolute atomic E-state index is 0.0440. The Morgan fingerprint density at radius 2 is 1.71 bits per heavy atom. The normalized spacial score (nSPS) is 23.3. The summed E-state index contributed by atoms with van der Waals surface area (Å²) >= 11 is 0. The number of ketones is 1. The third-order valence-corrected chi connectivity index (χ3v) is 6.77. The van der Waals surface area contributed by atoms with Crippen LogP contribution in [0, 0.1) is 11.8 Å². The molecule has 31 heavy (non-hydrogen) atoms. The van der Waals surface area contributed by atoms with E-state index in [9.17, 15) is 14.4 Å². The number of primary amides is 1. The van der Waals surface area contributed by atoms with Crippen LogP contribution >= 0.6 is 0 Å². The molecule has 0 aromatic heterocycles. The molecule has 2 atom stereocenters. The first-order valence-corrected chi connectivity index (χ1v) is 11.2. The molecule has 1 aromatic rings. The highest BCUT2D eigenvalue weighted by molar-refractivity contribution is 5.98. The molecule has 3 aliphatic heterocycles. The lowest BCUT2D eigenvalue weighted by Crippen LogP contribution is -2.53. The molecule has 2 unspecified atom stereocenters. The summed E-state index contributed by atoms with van der Waals surface area (Å²) in [7, 11) is 0. The number of ether oxygens (including phenoxy) is 2. The number of amides is 2. The number of hydrogen-bond acceptors (Lipinski definition) is 6. The van der Waals surface area contributed by atoms with Gasteiger partial charge < -0.3 is 20.1 Å². The van der Waals surface area contributed by atoms with Crippen molar-refractivity contribution < 1.29 is 23.9 Å². The van der Waals surface area contributed by atoms with Crippen LogP contribution in [-0.2, 0) is 9.59 Å². The van der Waals surface area contributed by atoms with Gasteiger partial charge in [-0.15, -0.1) is 0 Å². The van der Waals surface area contributed by atoms with Crippen molar-refractivity contribution in [1.29, 1.82) is 0 Å². The average Bonchev–Trinajstić information content (AvgIpc) is 2.82. The zero-order valence-corrected chi connectivity index (χ0v) is 18.0. The summed E-state index contributed by atoms with van der Waals surface area (Å²) in [5, 5.41) is 0. The Morgan fingerprint density at radius 3 is 2.42 bits per heavy atom. The smallest absolute Gasteiger partial charge is 0.239 e. The van der Waals surface area contributed by atoms with E-state index in [1.165, 1.54) is 0 Å².